The van der Waals surface area contributed by atoms with Gasteiger partial charge in [0.2, 0.25) is 0 Å². The lowest BCUT2D eigenvalue weighted by atomic mass is 9.63. The molecule has 0 bridgehead atoms. The van der Waals surface area contributed by atoms with Crippen LogP contribution < -0.4 is 5.32 Å². The summed E-state index contributed by atoms with van der Waals surface area (Å²) in [6.07, 6.45) is 3.53. The molecule has 0 spiro atoms. The third-order valence-corrected chi connectivity index (χ3v) is 4.42. The average Bonchev–Trinajstić information content (AvgIpc) is 2.21. The third-order valence-electron chi connectivity index (χ3n) is 4.16. The Morgan fingerprint density at radius 3 is 2.05 bits per heavy atom. The number of aryl methyl sites for hydroxylation is 2. The second-order valence-corrected chi connectivity index (χ2v) is 8.15. The summed E-state index contributed by atoms with van der Waals surface area (Å²) in [6.45, 7) is 13.3. The molecule has 0 saturated heterocycles. The Bertz CT molecular complexity index is 493. The van der Waals surface area contributed by atoms with Crippen LogP contribution in [0.2, 0.25) is 5.15 Å². The van der Waals surface area contributed by atoms with Crippen molar-refractivity contribution in [3.8, 4) is 0 Å². The van der Waals surface area contributed by atoms with Gasteiger partial charge in [0, 0.05) is 6.04 Å². The molecule has 0 aromatic carbocycles. The van der Waals surface area contributed by atoms with Crippen LogP contribution in [0.25, 0.3) is 0 Å². The molecule has 1 aromatic heterocycles. The van der Waals surface area contributed by atoms with E-state index in [9.17, 15) is 0 Å². The summed E-state index contributed by atoms with van der Waals surface area (Å²) in [5.41, 5.74) is 2.52. The second kappa shape index (κ2) is 5.18. The zero-order valence-corrected chi connectivity index (χ0v) is 14.2. The normalized spacial score (nSPS) is 21.8. The quantitative estimate of drug-likeness (QED) is 0.854. The van der Waals surface area contributed by atoms with E-state index >= 15 is 0 Å². The minimum atomic E-state index is 0.346. The lowest BCUT2D eigenvalue weighted by Crippen LogP contribution is -2.40. The summed E-state index contributed by atoms with van der Waals surface area (Å²) < 4.78 is 0. The highest BCUT2D eigenvalue weighted by molar-refractivity contribution is 6.31. The predicted octanol–water partition coefficient (Wildman–Crippen LogP) is 4.76. The van der Waals surface area contributed by atoms with Gasteiger partial charge in [0.25, 0.3) is 0 Å². The van der Waals surface area contributed by atoms with Crippen LogP contribution in [0.15, 0.2) is 0 Å². The van der Waals surface area contributed by atoms with Crippen molar-refractivity contribution in [2.24, 2.45) is 10.8 Å². The Morgan fingerprint density at radius 1 is 1.00 bits per heavy atom. The van der Waals surface area contributed by atoms with Gasteiger partial charge in [-0.3, -0.25) is 0 Å². The molecule has 20 heavy (non-hydrogen) atoms. The highest BCUT2D eigenvalue weighted by Crippen LogP contribution is 2.46. The van der Waals surface area contributed by atoms with Crippen LogP contribution >= 0.6 is 11.6 Å². The molecule has 4 heteroatoms. The van der Waals surface area contributed by atoms with E-state index < -0.39 is 0 Å². The van der Waals surface area contributed by atoms with Crippen LogP contribution in [0.1, 0.15) is 58.3 Å². The van der Waals surface area contributed by atoms with E-state index in [0.717, 1.165) is 30.0 Å². The number of halogens is 1. The Labute approximate surface area is 127 Å². The van der Waals surface area contributed by atoms with Gasteiger partial charge in [0.1, 0.15) is 0 Å². The monoisotopic (exact) mass is 295 g/mol. The number of rotatable bonds is 2. The molecule has 1 N–H and O–H groups in total. The van der Waals surface area contributed by atoms with Crippen LogP contribution in [-0.2, 0) is 0 Å². The Morgan fingerprint density at radius 2 is 1.50 bits per heavy atom. The molecule has 0 radical (unpaired) electrons. The first kappa shape index (κ1) is 15.6. The standard InChI is InChI=1S/C16H26ClN3/c1-10-11(2)19-14(13(17)18-10)20-12-7-15(3,4)9-16(5,6)8-12/h12H,7-9H2,1-6H3,(H,19,20). The molecule has 112 valence electrons. The number of anilines is 1. The molecule has 0 atom stereocenters. The fourth-order valence-electron chi connectivity index (χ4n) is 3.81. The molecule has 1 heterocycles. The van der Waals surface area contributed by atoms with Gasteiger partial charge < -0.3 is 5.32 Å². The van der Waals surface area contributed by atoms with Crippen LogP contribution in [0.4, 0.5) is 5.82 Å². The zero-order chi connectivity index (χ0) is 15.1. The smallest absolute Gasteiger partial charge is 0.171 e. The van der Waals surface area contributed by atoms with Crippen molar-refractivity contribution in [2.45, 2.75) is 66.8 Å². The molecule has 0 aliphatic heterocycles. The number of nitrogens with zero attached hydrogens (tertiary/aromatic N) is 2. The molecular formula is C16H26ClN3. The maximum absolute atomic E-state index is 6.23. The van der Waals surface area contributed by atoms with Gasteiger partial charge >= 0.3 is 0 Å². The molecule has 2 rings (SSSR count). The maximum Gasteiger partial charge on any atom is 0.171 e. The lowest BCUT2D eigenvalue weighted by Gasteiger charge is -2.45. The van der Waals surface area contributed by atoms with Crippen LogP contribution in [0.5, 0.6) is 0 Å². The summed E-state index contributed by atoms with van der Waals surface area (Å²) in [5.74, 6) is 0.730. The largest absolute Gasteiger partial charge is 0.365 e. The number of hydrogen-bond acceptors (Lipinski definition) is 3. The van der Waals surface area contributed by atoms with Crippen molar-refractivity contribution in [2.75, 3.05) is 5.32 Å². The first-order valence-corrected chi connectivity index (χ1v) is 7.73. The molecule has 0 amide bonds. The Hall–Kier alpha value is -0.830. The summed E-state index contributed by atoms with van der Waals surface area (Å²) >= 11 is 6.23. The van der Waals surface area contributed by atoms with E-state index in [-0.39, 0.29) is 0 Å². The number of aromatic nitrogens is 2. The SMILES string of the molecule is Cc1nc(Cl)c(NC2CC(C)(C)CC(C)(C)C2)nc1C. The molecule has 0 unspecified atom stereocenters. The fourth-order valence-corrected chi connectivity index (χ4v) is 4.03. The minimum Gasteiger partial charge on any atom is -0.365 e. The lowest BCUT2D eigenvalue weighted by molar-refractivity contribution is 0.105. The molecule has 1 aliphatic rings. The van der Waals surface area contributed by atoms with Crippen molar-refractivity contribution in [1.29, 1.82) is 0 Å². The van der Waals surface area contributed by atoms with Crippen molar-refractivity contribution in [3.05, 3.63) is 16.5 Å². The van der Waals surface area contributed by atoms with Gasteiger partial charge in [-0.1, -0.05) is 39.3 Å². The zero-order valence-electron chi connectivity index (χ0n) is 13.5. The molecule has 1 aromatic rings. The molecule has 1 aliphatic carbocycles. The molecule has 1 fully saturated rings. The van der Waals surface area contributed by atoms with Crippen molar-refractivity contribution in [3.63, 3.8) is 0 Å². The number of nitrogens with one attached hydrogen (secondary N) is 1. The summed E-state index contributed by atoms with van der Waals surface area (Å²) in [7, 11) is 0. The fraction of sp³-hybridized carbons (Fsp3) is 0.750. The number of hydrogen-bond donors (Lipinski definition) is 1. The summed E-state index contributed by atoms with van der Waals surface area (Å²) in [6, 6.07) is 0.405. The van der Waals surface area contributed by atoms with Gasteiger partial charge in [0.05, 0.1) is 11.4 Å². The van der Waals surface area contributed by atoms with Gasteiger partial charge in [-0.25, -0.2) is 9.97 Å². The van der Waals surface area contributed by atoms with Crippen LogP contribution in [0.3, 0.4) is 0 Å². The van der Waals surface area contributed by atoms with E-state index in [0.29, 0.717) is 22.0 Å². The van der Waals surface area contributed by atoms with Gasteiger partial charge in [-0.2, -0.15) is 0 Å². The second-order valence-electron chi connectivity index (χ2n) is 7.79. The van der Waals surface area contributed by atoms with Crippen molar-refractivity contribution >= 4 is 17.4 Å². The third kappa shape index (κ3) is 3.63. The predicted molar refractivity (Wildman–Crippen MR) is 85.3 cm³/mol. The van der Waals surface area contributed by atoms with Crippen molar-refractivity contribution < 1.29 is 0 Å². The average molecular weight is 296 g/mol. The maximum atomic E-state index is 6.23. The summed E-state index contributed by atoms with van der Waals surface area (Å²) in [4.78, 5) is 8.91. The Balaban J connectivity index is 2.19. The van der Waals surface area contributed by atoms with E-state index in [2.05, 4.69) is 43.0 Å². The summed E-state index contributed by atoms with van der Waals surface area (Å²) in [5, 5.41) is 4.00. The highest BCUT2D eigenvalue weighted by atomic mass is 35.5. The van der Waals surface area contributed by atoms with E-state index in [1.807, 2.05) is 13.8 Å². The van der Waals surface area contributed by atoms with Gasteiger partial charge in [-0.15, -0.1) is 0 Å². The first-order chi connectivity index (χ1) is 9.08. The van der Waals surface area contributed by atoms with Gasteiger partial charge in [0.15, 0.2) is 11.0 Å². The molecule has 1 saturated carbocycles. The Kier molecular flexibility index (Phi) is 4.03. The van der Waals surface area contributed by atoms with Crippen LogP contribution in [-0.4, -0.2) is 16.0 Å². The van der Waals surface area contributed by atoms with E-state index in [4.69, 9.17) is 11.6 Å². The minimum absolute atomic E-state index is 0.346. The highest BCUT2D eigenvalue weighted by Gasteiger charge is 2.38. The van der Waals surface area contributed by atoms with Gasteiger partial charge in [-0.05, 0) is 43.9 Å². The first-order valence-electron chi connectivity index (χ1n) is 7.35. The molecule has 3 nitrogen and oxygen atoms in total. The topological polar surface area (TPSA) is 37.8 Å². The van der Waals surface area contributed by atoms with E-state index in [1.165, 1.54) is 6.42 Å². The van der Waals surface area contributed by atoms with Crippen LogP contribution in [0, 0.1) is 24.7 Å². The van der Waals surface area contributed by atoms with E-state index in [1.54, 1.807) is 0 Å². The molecular weight excluding hydrogens is 270 g/mol. The van der Waals surface area contributed by atoms with Crippen molar-refractivity contribution in [1.82, 2.24) is 9.97 Å².